The monoisotopic (exact) mass is 563 g/mol. The highest BCUT2D eigenvalue weighted by molar-refractivity contribution is 5.95. The third-order valence-corrected chi connectivity index (χ3v) is 8.01. The van der Waals surface area contributed by atoms with Crippen LogP contribution in [0, 0.1) is 5.92 Å². The smallest absolute Gasteiger partial charge is 0.263 e. The van der Waals surface area contributed by atoms with E-state index < -0.39 is 5.56 Å². The third kappa shape index (κ3) is 8.28. The summed E-state index contributed by atoms with van der Waals surface area (Å²) in [6, 6.07) is 11.0. The molecule has 222 valence electrons. The molecule has 1 saturated carbocycles. The quantitative estimate of drug-likeness (QED) is 0.579. The predicted octanol–water partition coefficient (Wildman–Crippen LogP) is 3.65. The fourth-order valence-corrected chi connectivity index (χ4v) is 6.01. The fraction of sp³-hybridized carbons (Fsp3) is 0.562. The number of nitrogens with one attached hydrogen (secondary N) is 1. The number of rotatable bonds is 6. The van der Waals surface area contributed by atoms with Gasteiger partial charge in [0.15, 0.2) is 0 Å². The Balaban J connectivity index is 1.60. The summed E-state index contributed by atoms with van der Waals surface area (Å²) < 4.78 is 1.33. The molecule has 2 aliphatic rings. The van der Waals surface area contributed by atoms with Gasteiger partial charge in [0, 0.05) is 57.6 Å². The second-order valence-electron chi connectivity index (χ2n) is 11.8. The van der Waals surface area contributed by atoms with Gasteiger partial charge in [-0.3, -0.25) is 19.2 Å². The van der Waals surface area contributed by atoms with Crippen LogP contribution in [-0.2, 0) is 22.7 Å². The lowest BCUT2D eigenvalue weighted by atomic mass is 9.95. The number of hydrogen-bond acceptors (Lipinski definition) is 5. The highest BCUT2D eigenvalue weighted by Gasteiger charge is 2.25. The number of carbonyl (C=O) groups excluding carboxylic acids is 3. The number of nitrogens with zero attached hydrogens (tertiary/aromatic N) is 4. The lowest BCUT2D eigenvalue weighted by Gasteiger charge is -2.29. The van der Waals surface area contributed by atoms with Gasteiger partial charge in [-0.05, 0) is 55.5 Å². The summed E-state index contributed by atoms with van der Waals surface area (Å²) in [6.07, 6.45) is 7.71. The Morgan fingerprint density at radius 3 is 2.41 bits per heavy atom. The van der Waals surface area contributed by atoms with E-state index in [-0.39, 0.29) is 42.4 Å². The van der Waals surface area contributed by atoms with Gasteiger partial charge in [0.05, 0.1) is 0 Å². The molecule has 1 aliphatic carbocycles. The molecule has 9 heteroatoms. The van der Waals surface area contributed by atoms with E-state index in [0.717, 1.165) is 56.4 Å². The highest BCUT2D eigenvalue weighted by atomic mass is 16.2. The molecular weight excluding hydrogens is 518 g/mol. The minimum atomic E-state index is -0.469. The van der Waals surface area contributed by atoms with Crippen molar-refractivity contribution in [3.05, 3.63) is 64.1 Å². The van der Waals surface area contributed by atoms with E-state index in [1.165, 1.54) is 11.0 Å². The van der Waals surface area contributed by atoms with Gasteiger partial charge in [-0.15, -0.1) is 0 Å². The van der Waals surface area contributed by atoms with Crippen LogP contribution in [-0.4, -0.2) is 70.9 Å². The molecule has 2 aromatic rings. The highest BCUT2D eigenvalue weighted by Crippen LogP contribution is 2.24. The number of carbonyl (C=O) groups is 3. The number of hydrogen-bond donors (Lipinski definition) is 1. The summed E-state index contributed by atoms with van der Waals surface area (Å²) in [5, 5.41) is 3.05. The lowest BCUT2D eigenvalue weighted by molar-refractivity contribution is -0.122. The number of benzene rings is 1. The molecule has 0 saturated heterocycles. The van der Waals surface area contributed by atoms with E-state index in [2.05, 4.69) is 24.1 Å². The first kappa shape index (κ1) is 30.5. The first-order valence-electron chi connectivity index (χ1n) is 15.1. The maximum absolute atomic E-state index is 14.0. The molecule has 1 fully saturated rings. The van der Waals surface area contributed by atoms with Crippen molar-refractivity contribution in [3.63, 3.8) is 0 Å². The first-order valence-corrected chi connectivity index (χ1v) is 15.1. The molecule has 0 atom stereocenters. The Hall–Kier alpha value is -3.46. The van der Waals surface area contributed by atoms with Gasteiger partial charge in [-0.25, -0.2) is 0 Å². The summed E-state index contributed by atoms with van der Waals surface area (Å²) in [4.78, 5) is 58.7. The Labute approximate surface area is 243 Å². The van der Waals surface area contributed by atoms with Crippen LogP contribution in [0.15, 0.2) is 47.4 Å². The second kappa shape index (κ2) is 14.4. The van der Waals surface area contributed by atoms with Crippen molar-refractivity contribution < 1.29 is 14.4 Å². The van der Waals surface area contributed by atoms with Crippen LogP contribution in [0.5, 0.6) is 0 Å². The summed E-state index contributed by atoms with van der Waals surface area (Å²) in [6.45, 7) is 9.45. The van der Waals surface area contributed by atoms with E-state index >= 15 is 0 Å². The summed E-state index contributed by atoms with van der Waals surface area (Å²) in [5.74, 6) is -0.166. The number of fused-ring (bicyclic) bond motifs is 1. The van der Waals surface area contributed by atoms with E-state index in [4.69, 9.17) is 0 Å². The standard InChI is InChI=1S/C32H45N5O4/c1-24(2)21-34-16-10-18-37(25(3)38)29-15-8-7-11-26(29)22-36(20-19-34)32(41)28-14-9-17-35(31(28)40)23-30(39)33-27-12-5-4-6-13-27/h7-9,11,14-15,17,24,27H,4-6,10,12-13,16,18-23H2,1-3H3,(H,33,39). The van der Waals surface area contributed by atoms with E-state index in [0.29, 0.717) is 25.6 Å². The van der Waals surface area contributed by atoms with Crippen LogP contribution in [0.4, 0.5) is 5.69 Å². The molecule has 1 aromatic heterocycles. The average Bonchev–Trinajstić information content (AvgIpc) is 2.97. The van der Waals surface area contributed by atoms with Crippen LogP contribution in [0.3, 0.4) is 0 Å². The number of anilines is 1. The van der Waals surface area contributed by atoms with Gasteiger partial charge >= 0.3 is 0 Å². The molecule has 1 aromatic carbocycles. The van der Waals surface area contributed by atoms with Crippen molar-refractivity contribution >= 4 is 23.4 Å². The van der Waals surface area contributed by atoms with Crippen molar-refractivity contribution in [2.45, 2.75) is 78.4 Å². The average molecular weight is 564 g/mol. The third-order valence-electron chi connectivity index (χ3n) is 8.01. The van der Waals surface area contributed by atoms with Crippen molar-refractivity contribution in [3.8, 4) is 0 Å². The van der Waals surface area contributed by atoms with E-state index in [1.807, 2.05) is 24.3 Å². The van der Waals surface area contributed by atoms with Crippen molar-refractivity contribution in [1.82, 2.24) is 19.7 Å². The molecular formula is C32H45N5O4. The zero-order valence-electron chi connectivity index (χ0n) is 24.8. The molecule has 0 spiro atoms. The number of para-hydroxylation sites is 1. The van der Waals surface area contributed by atoms with Crippen molar-refractivity contribution in [2.75, 3.05) is 37.6 Å². The molecule has 0 bridgehead atoms. The van der Waals surface area contributed by atoms with Gasteiger partial charge in [0.1, 0.15) is 12.1 Å². The minimum Gasteiger partial charge on any atom is -0.352 e. The van der Waals surface area contributed by atoms with E-state index in [1.54, 1.807) is 35.1 Å². The van der Waals surface area contributed by atoms with Gasteiger partial charge in [-0.1, -0.05) is 51.3 Å². The Morgan fingerprint density at radius 2 is 1.68 bits per heavy atom. The molecule has 0 radical (unpaired) electrons. The number of pyridine rings is 1. The molecule has 4 rings (SSSR count). The minimum absolute atomic E-state index is 0.0394. The molecule has 9 nitrogen and oxygen atoms in total. The maximum Gasteiger partial charge on any atom is 0.263 e. The van der Waals surface area contributed by atoms with Gasteiger partial charge in [0.2, 0.25) is 11.8 Å². The normalized spacial score (nSPS) is 17.6. The predicted molar refractivity (Wildman–Crippen MR) is 161 cm³/mol. The fourth-order valence-electron chi connectivity index (χ4n) is 6.01. The van der Waals surface area contributed by atoms with Gasteiger partial charge < -0.3 is 24.6 Å². The van der Waals surface area contributed by atoms with Crippen molar-refractivity contribution in [2.24, 2.45) is 5.92 Å². The number of amides is 3. The maximum atomic E-state index is 14.0. The Kier molecular flexibility index (Phi) is 10.7. The zero-order valence-corrected chi connectivity index (χ0v) is 24.8. The number of aromatic nitrogens is 1. The summed E-state index contributed by atoms with van der Waals surface area (Å²) >= 11 is 0. The van der Waals surface area contributed by atoms with Crippen LogP contribution in [0.1, 0.15) is 75.2 Å². The van der Waals surface area contributed by atoms with E-state index in [9.17, 15) is 19.2 Å². The summed E-state index contributed by atoms with van der Waals surface area (Å²) in [7, 11) is 0. The van der Waals surface area contributed by atoms with Crippen LogP contribution >= 0.6 is 0 Å². The zero-order chi connectivity index (χ0) is 29.4. The molecule has 1 aliphatic heterocycles. The van der Waals surface area contributed by atoms with Crippen LogP contribution in [0.2, 0.25) is 0 Å². The first-order chi connectivity index (χ1) is 19.7. The topological polar surface area (TPSA) is 95.0 Å². The molecule has 1 N–H and O–H groups in total. The molecule has 2 heterocycles. The largest absolute Gasteiger partial charge is 0.352 e. The van der Waals surface area contributed by atoms with Crippen LogP contribution < -0.4 is 15.8 Å². The molecule has 41 heavy (non-hydrogen) atoms. The Morgan fingerprint density at radius 1 is 0.927 bits per heavy atom. The van der Waals surface area contributed by atoms with Gasteiger partial charge in [-0.2, -0.15) is 0 Å². The van der Waals surface area contributed by atoms with Crippen molar-refractivity contribution in [1.29, 1.82) is 0 Å². The SMILES string of the molecule is CC(=O)N1CCCN(CC(C)C)CCN(C(=O)c2cccn(CC(=O)NC3CCCCC3)c2=O)Cc2ccccc21. The Bertz CT molecular complexity index is 1270. The molecule has 3 amide bonds. The second-order valence-corrected chi connectivity index (χ2v) is 11.8. The van der Waals surface area contributed by atoms with Gasteiger partial charge in [0.25, 0.3) is 11.5 Å². The van der Waals surface area contributed by atoms with Crippen LogP contribution in [0.25, 0.3) is 0 Å². The molecule has 0 unspecified atom stereocenters. The lowest BCUT2D eigenvalue weighted by Crippen LogP contribution is -2.43. The summed E-state index contributed by atoms with van der Waals surface area (Å²) in [5.41, 5.74) is 1.23.